The summed E-state index contributed by atoms with van der Waals surface area (Å²) >= 11 is 3.26. The highest BCUT2D eigenvalue weighted by molar-refractivity contribution is 9.10. The summed E-state index contributed by atoms with van der Waals surface area (Å²) in [6.07, 6.45) is 3.40. The molecule has 1 aromatic carbocycles. The molecule has 0 saturated carbocycles. The number of aliphatic hydroxyl groups is 2. The van der Waals surface area contributed by atoms with Gasteiger partial charge < -0.3 is 14.9 Å². The van der Waals surface area contributed by atoms with Crippen molar-refractivity contribution in [3.63, 3.8) is 0 Å². The number of esters is 1. The van der Waals surface area contributed by atoms with Crippen molar-refractivity contribution in [2.45, 2.75) is 25.0 Å². The Hall–Kier alpha value is -1.76. The molecule has 0 heterocycles. The van der Waals surface area contributed by atoms with Crippen LogP contribution in [0.15, 0.2) is 52.5 Å². The van der Waals surface area contributed by atoms with E-state index in [-0.39, 0.29) is 0 Å². The van der Waals surface area contributed by atoms with E-state index in [2.05, 4.69) is 15.9 Å². The largest absolute Gasteiger partial charge is 0.455 e. The van der Waals surface area contributed by atoms with Crippen LogP contribution in [0.4, 0.5) is 0 Å². The Kier molecular flexibility index (Phi) is 5.51. The fourth-order valence-electron chi connectivity index (χ4n) is 2.24. The van der Waals surface area contributed by atoms with E-state index in [4.69, 9.17) is 4.74 Å². The average molecular weight is 381 g/mol. The van der Waals surface area contributed by atoms with Crippen LogP contribution in [-0.4, -0.2) is 40.3 Å². The Balaban J connectivity index is 2.02. The molecule has 1 aliphatic rings. The summed E-state index contributed by atoms with van der Waals surface area (Å²) in [5, 5.41) is 20.5. The van der Waals surface area contributed by atoms with Crippen LogP contribution in [0.3, 0.4) is 0 Å². The molecule has 122 valence electrons. The molecule has 0 amide bonds. The maximum Gasteiger partial charge on any atom is 0.345 e. The lowest BCUT2D eigenvalue weighted by molar-refractivity contribution is -0.167. The molecule has 0 aliphatic heterocycles. The molecule has 1 aliphatic carbocycles. The zero-order valence-corrected chi connectivity index (χ0v) is 14.1. The highest BCUT2D eigenvalue weighted by Crippen LogP contribution is 2.27. The third-order valence-corrected chi connectivity index (χ3v) is 4.19. The number of benzene rings is 1. The van der Waals surface area contributed by atoms with Crippen LogP contribution < -0.4 is 0 Å². The van der Waals surface area contributed by atoms with Gasteiger partial charge in [-0.1, -0.05) is 47.1 Å². The minimum Gasteiger partial charge on any atom is -0.455 e. The summed E-state index contributed by atoms with van der Waals surface area (Å²) in [6, 6.07) is 6.60. The minimum atomic E-state index is -2.17. The Morgan fingerprint density at radius 1 is 1.30 bits per heavy atom. The quantitative estimate of drug-likeness (QED) is 0.604. The molecule has 2 N–H and O–H groups in total. The third kappa shape index (κ3) is 3.77. The normalized spacial score (nSPS) is 23.3. The van der Waals surface area contributed by atoms with E-state index < -0.39 is 30.1 Å². The zero-order chi connectivity index (χ0) is 17.0. The summed E-state index contributed by atoms with van der Waals surface area (Å²) in [6.45, 7) is 1.30. The molecule has 2 atom stereocenters. The van der Waals surface area contributed by atoms with Crippen molar-refractivity contribution in [2.24, 2.45) is 0 Å². The highest BCUT2D eigenvalue weighted by atomic mass is 79.9. The van der Waals surface area contributed by atoms with E-state index in [1.165, 1.54) is 12.2 Å². The number of aliphatic hydroxyl groups excluding tert-OH is 1. The first-order valence-electron chi connectivity index (χ1n) is 7.13. The molecule has 1 aromatic rings. The van der Waals surface area contributed by atoms with Gasteiger partial charge in [-0.25, -0.2) is 4.79 Å². The first-order chi connectivity index (χ1) is 10.9. The molecule has 0 aromatic heterocycles. The molecule has 0 saturated heterocycles. The van der Waals surface area contributed by atoms with Crippen molar-refractivity contribution in [3.8, 4) is 0 Å². The standard InChI is InChI=1S/C17H17BrO5/c1-2-11-4-3-9-17(22,15(11)20)16(21)23-10-14(19)12-5-7-13(18)8-6-12/h3-9,15,20,22H,2,10H2,1H3/t15-,17+/m1/s1. The number of ketones is 1. The first kappa shape index (κ1) is 17.6. The number of carbonyl (C=O) groups excluding carboxylic acids is 2. The SMILES string of the molecule is CCC1=CC=C[C@@](O)(C(=O)OCC(=O)c2ccc(Br)cc2)[C@@H]1O. The predicted molar refractivity (Wildman–Crippen MR) is 87.9 cm³/mol. The topological polar surface area (TPSA) is 83.8 Å². The van der Waals surface area contributed by atoms with Gasteiger partial charge in [-0.05, 0) is 30.2 Å². The van der Waals surface area contributed by atoms with E-state index in [9.17, 15) is 19.8 Å². The third-order valence-electron chi connectivity index (χ3n) is 3.66. The van der Waals surface area contributed by atoms with E-state index in [1.54, 1.807) is 37.3 Å². The number of hydrogen-bond acceptors (Lipinski definition) is 5. The monoisotopic (exact) mass is 380 g/mol. The number of allylic oxidation sites excluding steroid dienone is 2. The summed E-state index contributed by atoms with van der Waals surface area (Å²) in [7, 11) is 0. The molecular weight excluding hydrogens is 364 g/mol. The summed E-state index contributed by atoms with van der Waals surface area (Å²) in [5.41, 5.74) is -1.26. The number of rotatable bonds is 5. The number of Topliss-reactive ketones (excluding diaryl/α,β-unsaturated/α-hetero) is 1. The van der Waals surface area contributed by atoms with Crippen LogP contribution in [0.1, 0.15) is 23.7 Å². The Morgan fingerprint density at radius 2 is 1.96 bits per heavy atom. The van der Waals surface area contributed by atoms with Gasteiger partial charge in [0.25, 0.3) is 0 Å². The summed E-state index contributed by atoms with van der Waals surface area (Å²) in [4.78, 5) is 24.1. The lowest BCUT2D eigenvalue weighted by Crippen LogP contribution is -2.51. The van der Waals surface area contributed by atoms with Gasteiger partial charge in [0, 0.05) is 10.0 Å². The van der Waals surface area contributed by atoms with Crippen molar-refractivity contribution in [3.05, 3.63) is 58.1 Å². The summed E-state index contributed by atoms with van der Waals surface area (Å²) < 4.78 is 5.73. The van der Waals surface area contributed by atoms with Crippen molar-refractivity contribution < 1.29 is 24.5 Å². The highest BCUT2D eigenvalue weighted by Gasteiger charge is 2.45. The van der Waals surface area contributed by atoms with Gasteiger partial charge in [0.2, 0.25) is 5.60 Å². The Bertz CT molecular complexity index is 662. The van der Waals surface area contributed by atoms with Gasteiger partial charge in [0.1, 0.15) is 6.10 Å². The van der Waals surface area contributed by atoms with Crippen molar-refractivity contribution in [1.29, 1.82) is 0 Å². The van der Waals surface area contributed by atoms with Crippen molar-refractivity contribution >= 4 is 27.7 Å². The summed E-state index contributed by atoms with van der Waals surface area (Å²) in [5.74, 6) is -1.44. The Labute approximate surface area is 142 Å². The molecule has 2 rings (SSSR count). The lowest BCUT2D eigenvalue weighted by atomic mass is 9.85. The second-order valence-corrected chi connectivity index (χ2v) is 6.10. The molecule has 23 heavy (non-hydrogen) atoms. The smallest absolute Gasteiger partial charge is 0.345 e. The van der Waals surface area contributed by atoms with E-state index in [1.807, 2.05) is 0 Å². The van der Waals surface area contributed by atoms with Crippen LogP contribution in [0, 0.1) is 0 Å². The van der Waals surface area contributed by atoms with E-state index in [0.29, 0.717) is 17.6 Å². The number of ether oxygens (including phenoxy) is 1. The average Bonchev–Trinajstić information content (AvgIpc) is 2.55. The maximum absolute atomic E-state index is 12.1. The van der Waals surface area contributed by atoms with Gasteiger partial charge in [-0.3, -0.25) is 4.79 Å². The van der Waals surface area contributed by atoms with Crippen LogP contribution >= 0.6 is 15.9 Å². The molecule has 0 unspecified atom stereocenters. The first-order valence-corrected chi connectivity index (χ1v) is 7.92. The maximum atomic E-state index is 12.1. The van der Waals surface area contributed by atoms with Crippen molar-refractivity contribution in [1.82, 2.24) is 0 Å². The van der Waals surface area contributed by atoms with Gasteiger partial charge in [0.05, 0.1) is 0 Å². The molecule has 0 spiro atoms. The zero-order valence-electron chi connectivity index (χ0n) is 12.5. The van der Waals surface area contributed by atoms with Gasteiger partial charge in [-0.15, -0.1) is 0 Å². The van der Waals surface area contributed by atoms with Gasteiger partial charge >= 0.3 is 5.97 Å². The second kappa shape index (κ2) is 7.21. The van der Waals surface area contributed by atoms with Crippen molar-refractivity contribution in [2.75, 3.05) is 6.61 Å². The molecular formula is C17H17BrO5. The predicted octanol–water partition coefficient (Wildman–Crippen LogP) is 2.17. The second-order valence-electron chi connectivity index (χ2n) is 5.19. The van der Waals surface area contributed by atoms with Gasteiger partial charge in [0.15, 0.2) is 12.4 Å². The van der Waals surface area contributed by atoms with Gasteiger partial charge in [-0.2, -0.15) is 0 Å². The molecule has 0 radical (unpaired) electrons. The molecule has 0 fully saturated rings. The molecule has 6 heteroatoms. The Morgan fingerprint density at radius 3 is 2.57 bits per heavy atom. The molecule has 0 bridgehead atoms. The van der Waals surface area contributed by atoms with Crippen LogP contribution in [0.25, 0.3) is 0 Å². The fourth-order valence-corrected chi connectivity index (χ4v) is 2.50. The van der Waals surface area contributed by atoms with Crippen LogP contribution in [0.5, 0.6) is 0 Å². The fraction of sp³-hybridized carbons (Fsp3) is 0.294. The lowest BCUT2D eigenvalue weighted by Gasteiger charge is -2.31. The number of hydrogen-bond donors (Lipinski definition) is 2. The van der Waals surface area contributed by atoms with Crippen LogP contribution in [0.2, 0.25) is 0 Å². The van der Waals surface area contributed by atoms with Crippen LogP contribution in [-0.2, 0) is 9.53 Å². The minimum absolute atomic E-state index is 0.391. The number of carbonyl (C=O) groups is 2. The van der Waals surface area contributed by atoms with E-state index in [0.717, 1.165) is 4.47 Å². The molecule has 5 nitrogen and oxygen atoms in total. The number of halogens is 1. The van der Waals surface area contributed by atoms with E-state index >= 15 is 0 Å².